The molecule has 0 fully saturated rings. The third-order valence-corrected chi connectivity index (χ3v) is 2.31. The van der Waals surface area contributed by atoms with Gasteiger partial charge in [0.25, 0.3) is 6.43 Å². The van der Waals surface area contributed by atoms with E-state index in [-0.39, 0.29) is 11.6 Å². The lowest BCUT2D eigenvalue weighted by Crippen LogP contribution is -2.37. The Kier molecular flexibility index (Phi) is 4.57. The number of primary amides is 1. The molecule has 0 saturated carbocycles. The van der Waals surface area contributed by atoms with E-state index in [0.29, 0.717) is 5.56 Å². The van der Waals surface area contributed by atoms with Crippen molar-refractivity contribution >= 4 is 5.91 Å². The van der Waals surface area contributed by atoms with E-state index in [1.165, 1.54) is 24.3 Å². The van der Waals surface area contributed by atoms with Gasteiger partial charge in [-0.05, 0) is 19.4 Å². The molecule has 94 valence electrons. The van der Waals surface area contributed by atoms with Gasteiger partial charge in [0, 0.05) is 11.6 Å². The number of nitrogens with two attached hydrogens (primary N) is 1. The Hall–Kier alpha value is -1.49. The number of hydrogen-bond donors (Lipinski definition) is 2. The molecule has 0 bridgehead atoms. The summed E-state index contributed by atoms with van der Waals surface area (Å²) in [5.41, 5.74) is 5.79. The van der Waals surface area contributed by atoms with Gasteiger partial charge in [-0.25, -0.2) is 8.78 Å². The summed E-state index contributed by atoms with van der Waals surface area (Å²) in [6.45, 7) is 3.76. The van der Waals surface area contributed by atoms with Gasteiger partial charge < -0.3 is 5.73 Å². The number of rotatable bonds is 5. The molecule has 0 heterocycles. The summed E-state index contributed by atoms with van der Waals surface area (Å²) in [5.74, 6) is -0.525. The van der Waals surface area contributed by atoms with Crippen LogP contribution in [0.25, 0.3) is 0 Å². The van der Waals surface area contributed by atoms with Gasteiger partial charge in [-0.2, -0.15) is 0 Å². The zero-order valence-electron chi connectivity index (χ0n) is 9.78. The Labute approximate surface area is 99.0 Å². The van der Waals surface area contributed by atoms with Crippen molar-refractivity contribution < 1.29 is 13.6 Å². The molecule has 1 aromatic carbocycles. The van der Waals surface area contributed by atoms with Crippen molar-refractivity contribution in [1.82, 2.24) is 5.32 Å². The standard InChI is InChI=1S/C12H16F2N2O/c1-7(2)16-10(12(15)17)8-3-5-9(6-4-8)11(13)14/h3-7,10-11,16H,1-2H3,(H2,15,17). The molecule has 17 heavy (non-hydrogen) atoms. The van der Waals surface area contributed by atoms with Crippen molar-refractivity contribution in [2.75, 3.05) is 0 Å². The highest BCUT2D eigenvalue weighted by atomic mass is 19.3. The van der Waals surface area contributed by atoms with E-state index in [0.717, 1.165) is 0 Å². The fourth-order valence-corrected chi connectivity index (χ4v) is 1.51. The van der Waals surface area contributed by atoms with Crippen LogP contribution in [0.4, 0.5) is 8.78 Å². The highest BCUT2D eigenvalue weighted by Crippen LogP contribution is 2.21. The molecule has 3 nitrogen and oxygen atoms in total. The number of halogens is 2. The average Bonchev–Trinajstić information content (AvgIpc) is 2.25. The molecule has 0 aromatic heterocycles. The third-order valence-electron chi connectivity index (χ3n) is 2.31. The first-order valence-electron chi connectivity index (χ1n) is 5.35. The monoisotopic (exact) mass is 242 g/mol. The van der Waals surface area contributed by atoms with Crippen LogP contribution in [0.1, 0.15) is 37.4 Å². The highest BCUT2D eigenvalue weighted by Gasteiger charge is 2.18. The van der Waals surface area contributed by atoms with Gasteiger partial charge in [0.05, 0.1) is 0 Å². The summed E-state index contributed by atoms with van der Waals surface area (Å²) in [6.07, 6.45) is -2.51. The molecule has 1 rings (SSSR count). The van der Waals surface area contributed by atoms with Crippen molar-refractivity contribution in [1.29, 1.82) is 0 Å². The molecule has 5 heteroatoms. The molecule has 1 aromatic rings. The van der Waals surface area contributed by atoms with E-state index >= 15 is 0 Å². The largest absolute Gasteiger partial charge is 0.368 e. The van der Waals surface area contributed by atoms with Crippen LogP contribution >= 0.6 is 0 Å². The Morgan fingerprint density at radius 1 is 1.18 bits per heavy atom. The number of benzene rings is 1. The Morgan fingerprint density at radius 2 is 1.65 bits per heavy atom. The number of carbonyl (C=O) groups excluding carboxylic acids is 1. The van der Waals surface area contributed by atoms with Crippen LogP contribution in [0.3, 0.4) is 0 Å². The predicted molar refractivity (Wildman–Crippen MR) is 61.6 cm³/mol. The van der Waals surface area contributed by atoms with Crippen LogP contribution in [0.5, 0.6) is 0 Å². The molecular weight excluding hydrogens is 226 g/mol. The van der Waals surface area contributed by atoms with Gasteiger partial charge in [0.2, 0.25) is 5.91 Å². The fourth-order valence-electron chi connectivity index (χ4n) is 1.51. The quantitative estimate of drug-likeness (QED) is 0.831. The van der Waals surface area contributed by atoms with Crippen molar-refractivity contribution in [3.8, 4) is 0 Å². The lowest BCUT2D eigenvalue weighted by atomic mass is 10.0. The van der Waals surface area contributed by atoms with Crippen LogP contribution < -0.4 is 11.1 Å². The van der Waals surface area contributed by atoms with E-state index in [9.17, 15) is 13.6 Å². The molecule has 1 unspecified atom stereocenters. The van der Waals surface area contributed by atoms with Crippen LogP contribution in [0.15, 0.2) is 24.3 Å². The fraction of sp³-hybridized carbons (Fsp3) is 0.417. The maximum atomic E-state index is 12.4. The second kappa shape index (κ2) is 5.72. The second-order valence-electron chi connectivity index (χ2n) is 4.12. The molecule has 0 saturated heterocycles. The van der Waals surface area contributed by atoms with Crippen molar-refractivity contribution in [3.05, 3.63) is 35.4 Å². The Balaban J connectivity index is 2.91. The number of alkyl halides is 2. The molecule has 3 N–H and O–H groups in total. The topological polar surface area (TPSA) is 55.1 Å². The lowest BCUT2D eigenvalue weighted by molar-refractivity contribution is -0.120. The molecular formula is C12H16F2N2O. The van der Waals surface area contributed by atoms with Gasteiger partial charge in [-0.15, -0.1) is 0 Å². The minimum atomic E-state index is -2.51. The maximum Gasteiger partial charge on any atom is 0.263 e. The first-order chi connectivity index (χ1) is 7.91. The summed E-state index contributed by atoms with van der Waals surface area (Å²) in [5, 5.41) is 2.98. The first-order valence-corrected chi connectivity index (χ1v) is 5.35. The number of hydrogen-bond acceptors (Lipinski definition) is 2. The number of carbonyl (C=O) groups is 1. The zero-order valence-corrected chi connectivity index (χ0v) is 9.78. The SMILES string of the molecule is CC(C)NC(C(N)=O)c1ccc(C(F)F)cc1. The van der Waals surface area contributed by atoms with Gasteiger partial charge in [0.15, 0.2) is 0 Å². The molecule has 1 atom stereocenters. The minimum Gasteiger partial charge on any atom is -0.368 e. The predicted octanol–water partition coefficient (Wildman–Crippen LogP) is 2.15. The molecule has 0 aliphatic rings. The normalized spacial score (nSPS) is 13.1. The molecule has 0 aliphatic heterocycles. The van der Waals surface area contributed by atoms with Crippen molar-refractivity contribution in [2.24, 2.45) is 5.73 Å². The third kappa shape index (κ3) is 3.78. The van der Waals surface area contributed by atoms with Gasteiger partial charge in [-0.1, -0.05) is 24.3 Å². The van der Waals surface area contributed by atoms with E-state index < -0.39 is 18.4 Å². The number of amides is 1. The first kappa shape index (κ1) is 13.6. The number of nitrogens with one attached hydrogen (secondary N) is 1. The molecule has 0 radical (unpaired) electrons. The van der Waals surface area contributed by atoms with E-state index in [4.69, 9.17) is 5.73 Å². The highest BCUT2D eigenvalue weighted by molar-refractivity contribution is 5.81. The summed E-state index contributed by atoms with van der Waals surface area (Å²) >= 11 is 0. The van der Waals surface area contributed by atoms with Gasteiger partial charge >= 0.3 is 0 Å². The van der Waals surface area contributed by atoms with Crippen LogP contribution in [0.2, 0.25) is 0 Å². The van der Waals surface area contributed by atoms with Crippen molar-refractivity contribution in [3.63, 3.8) is 0 Å². The van der Waals surface area contributed by atoms with E-state index in [1.807, 2.05) is 13.8 Å². The zero-order chi connectivity index (χ0) is 13.0. The second-order valence-corrected chi connectivity index (χ2v) is 4.12. The van der Waals surface area contributed by atoms with Gasteiger partial charge in [-0.3, -0.25) is 10.1 Å². The van der Waals surface area contributed by atoms with Crippen molar-refractivity contribution in [2.45, 2.75) is 32.4 Å². The van der Waals surface area contributed by atoms with Crippen LogP contribution in [0, 0.1) is 0 Å². The summed E-state index contributed by atoms with van der Waals surface area (Å²) < 4.78 is 24.7. The van der Waals surface area contributed by atoms with Gasteiger partial charge in [0.1, 0.15) is 6.04 Å². The smallest absolute Gasteiger partial charge is 0.263 e. The summed E-state index contributed by atoms with van der Waals surface area (Å²) in [4.78, 5) is 11.3. The lowest BCUT2D eigenvalue weighted by Gasteiger charge is -2.18. The van der Waals surface area contributed by atoms with Crippen LogP contribution in [-0.4, -0.2) is 11.9 Å². The molecule has 1 amide bonds. The van der Waals surface area contributed by atoms with E-state index in [1.54, 1.807) is 0 Å². The van der Waals surface area contributed by atoms with Crippen LogP contribution in [-0.2, 0) is 4.79 Å². The Morgan fingerprint density at radius 3 is 2.00 bits per heavy atom. The molecule has 0 aliphatic carbocycles. The minimum absolute atomic E-state index is 0.0680. The average molecular weight is 242 g/mol. The summed E-state index contributed by atoms with van der Waals surface area (Å²) in [7, 11) is 0. The summed E-state index contributed by atoms with van der Waals surface area (Å²) in [6, 6.07) is 5.01. The van der Waals surface area contributed by atoms with E-state index in [2.05, 4.69) is 5.32 Å². The maximum absolute atomic E-state index is 12.4. The Bertz CT molecular complexity index is 377. The molecule has 0 spiro atoms.